The molecule has 0 aromatic heterocycles. The second-order valence-electron chi connectivity index (χ2n) is 5.18. The van der Waals surface area contributed by atoms with Crippen molar-refractivity contribution in [3.05, 3.63) is 0 Å². The van der Waals surface area contributed by atoms with Crippen molar-refractivity contribution in [3.8, 4) is 0 Å². The van der Waals surface area contributed by atoms with Gasteiger partial charge in [0.15, 0.2) is 0 Å². The molecule has 2 heterocycles. The summed E-state index contributed by atoms with van der Waals surface area (Å²) in [5.74, 6) is 0.694. The van der Waals surface area contributed by atoms with Crippen molar-refractivity contribution >= 4 is 0 Å². The van der Waals surface area contributed by atoms with E-state index in [1.165, 1.54) is 25.9 Å². The zero-order chi connectivity index (χ0) is 11.4. The maximum absolute atomic E-state index is 9.62. The first-order chi connectivity index (χ1) is 7.81. The summed E-state index contributed by atoms with van der Waals surface area (Å²) >= 11 is 0. The quantitative estimate of drug-likeness (QED) is 0.688. The zero-order valence-electron chi connectivity index (χ0n) is 10.4. The second kappa shape index (κ2) is 5.96. The third kappa shape index (κ3) is 2.94. The van der Waals surface area contributed by atoms with Gasteiger partial charge in [0.2, 0.25) is 0 Å². The van der Waals surface area contributed by atoms with E-state index in [2.05, 4.69) is 22.2 Å². The molecule has 0 aromatic carbocycles. The molecule has 1 atom stereocenters. The predicted octanol–water partition coefficient (Wildman–Crippen LogP) is -0.406. The third-order valence-electron chi connectivity index (χ3n) is 4.12. The molecule has 2 saturated heterocycles. The Morgan fingerprint density at radius 3 is 2.38 bits per heavy atom. The van der Waals surface area contributed by atoms with Gasteiger partial charge in [0.05, 0.1) is 6.61 Å². The van der Waals surface area contributed by atoms with E-state index in [0.29, 0.717) is 18.6 Å². The number of aliphatic hydroxyl groups is 1. The first kappa shape index (κ1) is 12.3. The van der Waals surface area contributed by atoms with Crippen LogP contribution < -0.4 is 5.32 Å². The first-order valence-corrected chi connectivity index (χ1v) is 6.55. The van der Waals surface area contributed by atoms with Crippen molar-refractivity contribution in [2.24, 2.45) is 5.92 Å². The average molecular weight is 227 g/mol. The Balaban J connectivity index is 1.88. The van der Waals surface area contributed by atoms with Gasteiger partial charge in [0, 0.05) is 32.2 Å². The molecule has 0 amide bonds. The standard InChI is InChI=1S/C12H25N3O/c1-14-6-2-11(3-7-14)12(10-16)15-8-4-13-5-9-15/h11-13,16H,2-10H2,1H3. The number of nitrogens with one attached hydrogen (secondary N) is 1. The number of likely N-dealkylation sites (tertiary alicyclic amines) is 1. The third-order valence-corrected chi connectivity index (χ3v) is 4.12. The van der Waals surface area contributed by atoms with Crippen LogP contribution in [0.3, 0.4) is 0 Å². The summed E-state index contributed by atoms with van der Waals surface area (Å²) in [6.07, 6.45) is 2.48. The SMILES string of the molecule is CN1CCC(C(CO)N2CCNCC2)CC1. The Bertz CT molecular complexity index is 198. The lowest BCUT2D eigenvalue weighted by atomic mass is 9.88. The molecule has 94 valence electrons. The van der Waals surface area contributed by atoms with Crippen molar-refractivity contribution in [1.29, 1.82) is 0 Å². The maximum atomic E-state index is 9.62. The topological polar surface area (TPSA) is 38.7 Å². The van der Waals surface area contributed by atoms with Gasteiger partial charge >= 0.3 is 0 Å². The average Bonchev–Trinajstić information content (AvgIpc) is 2.34. The molecule has 0 aliphatic carbocycles. The minimum Gasteiger partial charge on any atom is -0.395 e. The van der Waals surface area contributed by atoms with Gasteiger partial charge in [0.1, 0.15) is 0 Å². The van der Waals surface area contributed by atoms with Gasteiger partial charge in [-0.1, -0.05) is 0 Å². The van der Waals surface area contributed by atoms with Crippen LogP contribution in [0, 0.1) is 5.92 Å². The summed E-state index contributed by atoms with van der Waals surface area (Å²) in [6.45, 7) is 7.04. The van der Waals surface area contributed by atoms with Gasteiger partial charge in [-0.15, -0.1) is 0 Å². The molecule has 2 aliphatic heterocycles. The largest absolute Gasteiger partial charge is 0.395 e. The highest BCUT2D eigenvalue weighted by molar-refractivity contribution is 4.85. The fraction of sp³-hybridized carbons (Fsp3) is 1.00. The Morgan fingerprint density at radius 1 is 1.19 bits per heavy atom. The highest BCUT2D eigenvalue weighted by Gasteiger charge is 2.29. The lowest BCUT2D eigenvalue weighted by Gasteiger charge is -2.41. The normalized spacial score (nSPS) is 28.1. The van der Waals surface area contributed by atoms with Crippen LogP contribution in [0.25, 0.3) is 0 Å². The van der Waals surface area contributed by atoms with Gasteiger partial charge in [-0.3, -0.25) is 4.90 Å². The summed E-state index contributed by atoms with van der Waals surface area (Å²) in [5.41, 5.74) is 0. The van der Waals surface area contributed by atoms with Crippen LogP contribution in [0.5, 0.6) is 0 Å². The minimum atomic E-state index is 0.328. The Morgan fingerprint density at radius 2 is 1.81 bits per heavy atom. The minimum absolute atomic E-state index is 0.328. The maximum Gasteiger partial charge on any atom is 0.0589 e. The van der Waals surface area contributed by atoms with E-state index in [9.17, 15) is 5.11 Å². The number of piperidine rings is 1. The highest BCUT2D eigenvalue weighted by atomic mass is 16.3. The van der Waals surface area contributed by atoms with E-state index in [1.54, 1.807) is 0 Å². The van der Waals surface area contributed by atoms with Gasteiger partial charge in [-0.05, 0) is 38.9 Å². The van der Waals surface area contributed by atoms with E-state index in [0.717, 1.165) is 26.2 Å². The van der Waals surface area contributed by atoms with Crippen molar-refractivity contribution < 1.29 is 5.11 Å². The molecule has 2 aliphatic rings. The number of hydrogen-bond acceptors (Lipinski definition) is 4. The molecule has 0 aromatic rings. The van der Waals surface area contributed by atoms with Crippen molar-refractivity contribution in [1.82, 2.24) is 15.1 Å². The van der Waals surface area contributed by atoms with Gasteiger partial charge < -0.3 is 15.3 Å². The van der Waals surface area contributed by atoms with Crippen molar-refractivity contribution in [3.63, 3.8) is 0 Å². The molecule has 0 spiro atoms. The summed E-state index contributed by atoms with van der Waals surface area (Å²) in [6, 6.07) is 0.399. The molecular formula is C12H25N3O. The molecule has 16 heavy (non-hydrogen) atoms. The molecule has 0 bridgehead atoms. The molecule has 2 fully saturated rings. The van der Waals surface area contributed by atoms with Crippen LogP contribution in [0.4, 0.5) is 0 Å². The summed E-state index contributed by atoms with van der Waals surface area (Å²) in [5, 5.41) is 13.0. The number of nitrogens with zero attached hydrogens (tertiary/aromatic N) is 2. The van der Waals surface area contributed by atoms with Gasteiger partial charge in [-0.25, -0.2) is 0 Å². The van der Waals surface area contributed by atoms with E-state index in [1.807, 2.05) is 0 Å². The number of rotatable bonds is 3. The summed E-state index contributed by atoms with van der Waals surface area (Å²) in [7, 11) is 2.19. The number of hydrogen-bond donors (Lipinski definition) is 2. The van der Waals surface area contributed by atoms with Crippen LogP contribution in [0.2, 0.25) is 0 Å². The molecule has 1 unspecified atom stereocenters. The summed E-state index contributed by atoms with van der Waals surface area (Å²) < 4.78 is 0. The van der Waals surface area contributed by atoms with Crippen molar-refractivity contribution in [2.75, 3.05) is 52.9 Å². The lowest BCUT2D eigenvalue weighted by Crippen LogP contribution is -2.53. The van der Waals surface area contributed by atoms with Crippen LogP contribution in [-0.2, 0) is 0 Å². The van der Waals surface area contributed by atoms with Crippen LogP contribution in [0.15, 0.2) is 0 Å². The van der Waals surface area contributed by atoms with Crippen LogP contribution >= 0.6 is 0 Å². The molecule has 2 rings (SSSR count). The highest BCUT2D eigenvalue weighted by Crippen LogP contribution is 2.23. The van der Waals surface area contributed by atoms with E-state index in [-0.39, 0.29) is 0 Å². The number of piperazine rings is 1. The molecule has 0 radical (unpaired) electrons. The van der Waals surface area contributed by atoms with Crippen LogP contribution in [-0.4, -0.2) is 73.9 Å². The lowest BCUT2D eigenvalue weighted by molar-refractivity contribution is 0.0449. The fourth-order valence-corrected chi connectivity index (χ4v) is 2.99. The fourth-order valence-electron chi connectivity index (χ4n) is 2.99. The summed E-state index contributed by atoms with van der Waals surface area (Å²) in [4.78, 5) is 4.87. The molecule has 4 heteroatoms. The van der Waals surface area contributed by atoms with Crippen LogP contribution in [0.1, 0.15) is 12.8 Å². The second-order valence-corrected chi connectivity index (χ2v) is 5.18. The van der Waals surface area contributed by atoms with Crippen molar-refractivity contribution in [2.45, 2.75) is 18.9 Å². The van der Waals surface area contributed by atoms with E-state index < -0.39 is 0 Å². The Kier molecular flexibility index (Phi) is 4.58. The van der Waals surface area contributed by atoms with E-state index in [4.69, 9.17) is 0 Å². The molecule has 0 saturated carbocycles. The Labute approximate surface area is 98.6 Å². The molecule has 4 nitrogen and oxygen atoms in total. The molecule has 2 N–H and O–H groups in total. The van der Waals surface area contributed by atoms with E-state index >= 15 is 0 Å². The Hall–Kier alpha value is -0.160. The smallest absolute Gasteiger partial charge is 0.0589 e. The van der Waals surface area contributed by atoms with Gasteiger partial charge in [-0.2, -0.15) is 0 Å². The zero-order valence-corrected chi connectivity index (χ0v) is 10.4. The molecular weight excluding hydrogens is 202 g/mol. The van der Waals surface area contributed by atoms with Gasteiger partial charge in [0.25, 0.3) is 0 Å². The predicted molar refractivity (Wildman–Crippen MR) is 65.5 cm³/mol. The number of aliphatic hydroxyl groups excluding tert-OH is 1. The monoisotopic (exact) mass is 227 g/mol. The first-order valence-electron chi connectivity index (χ1n) is 6.55.